The van der Waals surface area contributed by atoms with Gasteiger partial charge in [0.2, 0.25) is 5.91 Å². The molecule has 2 unspecified atom stereocenters. The predicted molar refractivity (Wildman–Crippen MR) is 87.7 cm³/mol. The Balaban J connectivity index is 2.51. The Morgan fingerprint density at radius 3 is 2.64 bits per heavy atom. The first-order chi connectivity index (χ1) is 10.4. The molecule has 0 aromatic heterocycles. The minimum atomic E-state index is -0.872. The lowest BCUT2D eigenvalue weighted by molar-refractivity contribution is -0.141. The van der Waals surface area contributed by atoms with Crippen LogP contribution < -0.4 is 5.32 Å². The highest BCUT2D eigenvalue weighted by Crippen LogP contribution is 2.12. The van der Waals surface area contributed by atoms with Gasteiger partial charge in [-0.3, -0.25) is 9.59 Å². The number of amides is 1. The van der Waals surface area contributed by atoms with Gasteiger partial charge in [-0.25, -0.2) is 0 Å². The molecule has 0 saturated heterocycles. The van der Waals surface area contributed by atoms with Crippen molar-refractivity contribution in [3.63, 3.8) is 0 Å². The van der Waals surface area contributed by atoms with Crippen molar-refractivity contribution in [3.8, 4) is 0 Å². The van der Waals surface area contributed by atoms with Crippen molar-refractivity contribution in [2.45, 2.75) is 46.5 Å². The standard InChI is InChI=1S/C18H27NO3/c1-4-6-13(2)10-17(20)19-12-16(18(21)22)11-15-8-5-7-14(3)9-15/h5,7-9,13,16H,4,6,10-12H2,1-3H3,(H,19,20)(H,21,22). The number of rotatable bonds is 9. The smallest absolute Gasteiger partial charge is 0.308 e. The summed E-state index contributed by atoms with van der Waals surface area (Å²) in [5, 5.41) is 12.1. The lowest BCUT2D eigenvalue weighted by atomic mass is 9.97. The molecule has 0 saturated carbocycles. The highest BCUT2D eigenvalue weighted by molar-refractivity contribution is 5.77. The number of nitrogens with one attached hydrogen (secondary N) is 1. The minimum absolute atomic E-state index is 0.0588. The summed E-state index contributed by atoms with van der Waals surface area (Å²) in [6.07, 6.45) is 2.96. The SMILES string of the molecule is CCCC(C)CC(=O)NCC(Cc1cccc(C)c1)C(=O)O. The van der Waals surface area contributed by atoms with Crippen LogP contribution in [0.25, 0.3) is 0 Å². The number of carbonyl (C=O) groups excluding carboxylic acids is 1. The van der Waals surface area contributed by atoms with Gasteiger partial charge in [-0.05, 0) is 24.8 Å². The molecule has 0 spiro atoms. The third-order valence-electron chi connectivity index (χ3n) is 3.77. The van der Waals surface area contributed by atoms with Crippen LogP contribution in [0.2, 0.25) is 0 Å². The van der Waals surface area contributed by atoms with Crippen molar-refractivity contribution in [1.82, 2.24) is 5.32 Å². The van der Waals surface area contributed by atoms with Gasteiger partial charge in [-0.1, -0.05) is 56.5 Å². The zero-order valence-corrected chi connectivity index (χ0v) is 13.8. The van der Waals surface area contributed by atoms with Crippen LogP contribution in [0, 0.1) is 18.8 Å². The topological polar surface area (TPSA) is 66.4 Å². The maximum Gasteiger partial charge on any atom is 0.308 e. The van der Waals surface area contributed by atoms with Gasteiger partial charge in [0.25, 0.3) is 0 Å². The van der Waals surface area contributed by atoms with E-state index in [-0.39, 0.29) is 12.5 Å². The first-order valence-corrected chi connectivity index (χ1v) is 7.97. The van der Waals surface area contributed by atoms with E-state index in [9.17, 15) is 14.7 Å². The van der Waals surface area contributed by atoms with Gasteiger partial charge in [-0.2, -0.15) is 0 Å². The minimum Gasteiger partial charge on any atom is -0.481 e. The summed E-state index contributed by atoms with van der Waals surface area (Å²) in [6.45, 7) is 6.30. The Morgan fingerprint density at radius 1 is 1.32 bits per heavy atom. The fraction of sp³-hybridized carbons (Fsp3) is 0.556. The van der Waals surface area contributed by atoms with Gasteiger partial charge in [0.05, 0.1) is 5.92 Å². The van der Waals surface area contributed by atoms with E-state index in [0.29, 0.717) is 18.8 Å². The number of benzene rings is 1. The molecule has 122 valence electrons. The van der Waals surface area contributed by atoms with Gasteiger partial charge in [-0.15, -0.1) is 0 Å². The molecule has 0 aliphatic heterocycles. The molecule has 0 radical (unpaired) electrons. The number of aliphatic carboxylic acids is 1. The zero-order chi connectivity index (χ0) is 16.5. The number of hydrogen-bond acceptors (Lipinski definition) is 2. The second kappa shape index (κ2) is 9.23. The highest BCUT2D eigenvalue weighted by Gasteiger charge is 2.19. The van der Waals surface area contributed by atoms with Crippen LogP contribution in [0.1, 0.15) is 44.2 Å². The van der Waals surface area contributed by atoms with Crippen molar-refractivity contribution in [2.24, 2.45) is 11.8 Å². The Hall–Kier alpha value is -1.84. The lowest BCUT2D eigenvalue weighted by Gasteiger charge is -2.15. The average Bonchev–Trinajstić information content (AvgIpc) is 2.43. The highest BCUT2D eigenvalue weighted by atomic mass is 16.4. The second-order valence-electron chi connectivity index (χ2n) is 6.13. The molecule has 0 aliphatic carbocycles. The van der Waals surface area contributed by atoms with Crippen LogP contribution in [-0.4, -0.2) is 23.5 Å². The third-order valence-corrected chi connectivity index (χ3v) is 3.77. The van der Waals surface area contributed by atoms with Crippen molar-refractivity contribution in [3.05, 3.63) is 35.4 Å². The Morgan fingerprint density at radius 2 is 2.05 bits per heavy atom. The summed E-state index contributed by atoms with van der Waals surface area (Å²) in [5.74, 6) is -1.18. The van der Waals surface area contributed by atoms with E-state index in [0.717, 1.165) is 24.0 Å². The maximum atomic E-state index is 11.9. The maximum absolute atomic E-state index is 11.9. The molecule has 1 aromatic rings. The predicted octanol–water partition coefficient (Wildman–Crippen LogP) is 3.18. The van der Waals surface area contributed by atoms with Crippen molar-refractivity contribution in [1.29, 1.82) is 0 Å². The Kier molecular flexibility index (Phi) is 7.64. The molecule has 1 aromatic carbocycles. The largest absolute Gasteiger partial charge is 0.481 e. The normalized spacial score (nSPS) is 13.4. The van der Waals surface area contributed by atoms with Crippen LogP contribution in [0.15, 0.2) is 24.3 Å². The van der Waals surface area contributed by atoms with Gasteiger partial charge >= 0.3 is 5.97 Å². The summed E-state index contributed by atoms with van der Waals surface area (Å²) in [4.78, 5) is 23.2. The molecule has 1 rings (SSSR count). The molecular formula is C18H27NO3. The van der Waals surface area contributed by atoms with Crippen LogP contribution in [0.4, 0.5) is 0 Å². The zero-order valence-electron chi connectivity index (χ0n) is 13.8. The van der Waals surface area contributed by atoms with Gasteiger partial charge in [0, 0.05) is 13.0 Å². The quantitative estimate of drug-likeness (QED) is 0.736. The number of hydrogen-bond donors (Lipinski definition) is 2. The van der Waals surface area contributed by atoms with Crippen LogP contribution in [0.3, 0.4) is 0 Å². The first-order valence-electron chi connectivity index (χ1n) is 7.97. The van der Waals surface area contributed by atoms with Crippen LogP contribution >= 0.6 is 0 Å². The molecular weight excluding hydrogens is 278 g/mol. The van der Waals surface area contributed by atoms with E-state index in [2.05, 4.69) is 12.2 Å². The second-order valence-corrected chi connectivity index (χ2v) is 6.13. The number of carboxylic acids is 1. The van der Waals surface area contributed by atoms with E-state index in [4.69, 9.17) is 0 Å². The van der Waals surface area contributed by atoms with E-state index < -0.39 is 11.9 Å². The Labute approximate surface area is 132 Å². The molecule has 4 heteroatoms. The fourth-order valence-electron chi connectivity index (χ4n) is 2.59. The van der Waals surface area contributed by atoms with Crippen molar-refractivity contribution in [2.75, 3.05) is 6.54 Å². The van der Waals surface area contributed by atoms with E-state index >= 15 is 0 Å². The summed E-state index contributed by atoms with van der Waals surface area (Å²) < 4.78 is 0. The number of aryl methyl sites for hydroxylation is 1. The molecule has 4 nitrogen and oxygen atoms in total. The van der Waals surface area contributed by atoms with Gasteiger partial charge in [0.15, 0.2) is 0 Å². The van der Waals surface area contributed by atoms with Crippen LogP contribution in [0.5, 0.6) is 0 Å². The van der Waals surface area contributed by atoms with E-state index in [1.54, 1.807) is 0 Å². The molecule has 22 heavy (non-hydrogen) atoms. The summed E-state index contributed by atoms with van der Waals surface area (Å²) in [7, 11) is 0. The molecule has 0 bridgehead atoms. The molecule has 2 atom stereocenters. The van der Waals surface area contributed by atoms with Gasteiger partial charge < -0.3 is 10.4 Å². The number of carboxylic acid groups (broad SMARTS) is 1. The van der Waals surface area contributed by atoms with E-state index in [1.165, 1.54) is 0 Å². The van der Waals surface area contributed by atoms with Crippen LogP contribution in [-0.2, 0) is 16.0 Å². The van der Waals surface area contributed by atoms with E-state index in [1.807, 2.05) is 38.1 Å². The average molecular weight is 305 g/mol. The monoisotopic (exact) mass is 305 g/mol. The molecule has 0 heterocycles. The molecule has 1 amide bonds. The first kappa shape index (κ1) is 18.2. The summed E-state index contributed by atoms with van der Waals surface area (Å²) >= 11 is 0. The lowest BCUT2D eigenvalue weighted by Crippen LogP contribution is -2.34. The molecule has 2 N–H and O–H groups in total. The Bertz CT molecular complexity index is 499. The molecule has 0 aliphatic rings. The summed E-state index contributed by atoms with van der Waals surface area (Å²) in [6, 6.07) is 7.82. The van der Waals surface area contributed by atoms with Crippen molar-refractivity contribution < 1.29 is 14.7 Å². The van der Waals surface area contributed by atoms with Gasteiger partial charge in [0.1, 0.15) is 0 Å². The fourth-order valence-corrected chi connectivity index (χ4v) is 2.59. The molecule has 0 fully saturated rings. The summed E-state index contributed by atoms with van der Waals surface area (Å²) in [5.41, 5.74) is 2.10. The number of carbonyl (C=O) groups is 2. The third kappa shape index (κ3) is 6.74. The van der Waals surface area contributed by atoms with Crippen molar-refractivity contribution >= 4 is 11.9 Å².